The standard InChI is InChI=1S/C20H17F6N5/c21-19(22,23)13-7-9-31(11-13)18-29-16-14(5-3-8-27-16)17(30-18)28-10-12-4-1-2-6-15(12)20(24,25)26/h1-6,8,13H,7,9-11H2,(H,27,28,29,30). The maximum atomic E-state index is 13.3. The first-order valence-electron chi connectivity index (χ1n) is 9.46. The van der Waals surface area contributed by atoms with E-state index in [-0.39, 0.29) is 49.0 Å². The fourth-order valence-electron chi connectivity index (χ4n) is 3.57. The Morgan fingerprint density at radius 3 is 2.48 bits per heavy atom. The van der Waals surface area contributed by atoms with Gasteiger partial charge in [0.1, 0.15) is 5.82 Å². The summed E-state index contributed by atoms with van der Waals surface area (Å²) in [6.07, 6.45) is -7.42. The van der Waals surface area contributed by atoms with Crippen LogP contribution in [0, 0.1) is 5.92 Å². The second kappa shape index (κ2) is 7.86. The van der Waals surface area contributed by atoms with Crippen LogP contribution in [-0.2, 0) is 12.7 Å². The third kappa shape index (κ3) is 4.49. The van der Waals surface area contributed by atoms with Gasteiger partial charge in [-0.05, 0) is 30.2 Å². The van der Waals surface area contributed by atoms with Crippen molar-refractivity contribution in [3.8, 4) is 0 Å². The van der Waals surface area contributed by atoms with Gasteiger partial charge < -0.3 is 10.2 Å². The van der Waals surface area contributed by atoms with Gasteiger partial charge in [0, 0.05) is 25.8 Å². The zero-order chi connectivity index (χ0) is 22.2. The average molecular weight is 441 g/mol. The van der Waals surface area contributed by atoms with E-state index < -0.39 is 23.8 Å². The minimum absolute atomic E-state index is 0.0190. The van der Waals surface area contributed by atoms with Gasteiger partial charge in [-0.25, -0.2) is 4.98 Å². The molecule has 31 heavy (non-hydrogen) atoms. The summed E-state index contributed by atoms with van der Waals surface area (Å²) >= 11 is 0. The Morgan fingerprint density at radius 2 is 1.77 bits per heavy atom. The number of nitrogens with one attached hydrogen (secondary N) is 1. The summed E-state index contributed by atoms with van der Waals surface area (Å²) in [5.41, 5.74) is -0.508. The van der Waals surface area contributed by atoms with Gasteiger partial charge in [0.05, 0.1) is 16.9 Å². The van der Waals surface area contributed by atoms with E-state index in [1.54, 1.807) is 12.1 Å². The van der Waals surface area contributed by atoms with Crippen molar-refractivity contribution in [2.24, 2.45) is 5.92 Å². The van der Waals surface area contributed by atoms with Crippen molar-refractivity contribution >= 4 is 22.8 Å². The van der Waals surface area contributed by atoms with Crippen LogP contribution in [0.3, 0.4) is 0 Å². The highest BCUT2D eigenvalue weighted by Crippen LogP contribution is 2.36. The molecule has 0 saturated carbocycles. The fourth-order valence-corrected chi connectivity index (χ4v) is 3.57. The summed E-state index contributed by atoms with van der Waals surface area (Å²) in [6.45, 7) is -0.335. The van der Waals surface area contributed by atoms with Crippen LogP contribution in [0.5, 0.6) is 0 Å². The molecule has 1 atom stereocenters. The van der Waals surface area contributed by atoms with Crippen molar-refractivity contribution in [1.82, 2.24) is 15.0 Å². The summed E-state index contributed by atoms with van der Waals surface area (Å²) in [4.78, 5) is 14.1. The number of pyridine rings is 1. The van der Waals surface area contributed by atoms with Crippen molar-refractivity contribution in [1.29, 1.82) is 0 Å². The zero-order valence-electron chi connectivity index (χ0n) is 16.0. The first-order valence-corrected chi connectivity index (χ1v) is 9.46. The molecular weight excluding hydrogens is 424 g/mol. The number of hydrogen-bond acceptors (Lipinski definition) is 5. The van der Waals surface area contributed by atoms with Crippen LogP contribution in [0.15, 0.2) is 42.6 Å². The van der Waals surface area contributed by atoms with Gasteiger partial charge in [-0.1, -0.05) is 18.2 Å². The first kappa shape index (κ1) is 21.1. The van der Waals surface area contributed by atoms with Gasteiger partial charge in [-0.2, -0.15) is 36.3 Å². The lowest BCUT2D eigenvalue weighted by Gasteiger charge is -2.19. The molecule has 0 amide bonds. The van der Waals surface area contributed by atoms with E-state index in [1.165, 1.54) is 29.3 Å². The first-order chi connectivity index (χ1) is 14.6. The van der Waals surface area contributed by atoms with E-state index in [2.05, 4.69) is 20.3 Å². The number of rotatable bonds is 4. The van der Waals surface area contributed by atoms with E-state index in [0.29, 0.717) is 5.39 Å². The number of benzene rings is 1. The molecule has 0 aliphatic carbocycles. The number of aromatic nitrogens is 3. The van der Waals surface area contributed by atoms with Gasteiger partial charge in [0.15, 0.2) is 5.65 Å². The summed E-state index contributed by atoms with van der Waals surface area (Å²) in [5.74, 6) is -1.21. The quantitative estimate of drug-likeness (QED) is 0.575. The number of alkyl halides is 6. The molecule has 1 N–H and O–H groups in total. The number of nitrogens with zero attached hydrogens (tertiary/aromatic N) is 4. The highest BCUT2D eigenvalue weighted by Gasteiger charge is 2.44. The number of anilines is 2. The van der Waals surface area contributed by atoms with E-state index in [1.807, 2.05) is 0 Å². The summed E-state index contributed by atoms with van der Waals surface area (Å²) in [6, 6.07) is 8.41. The Morgan fingerprint density at radius 1 is 1.00 bits per heavy atom. The van der Waals surface area contributed by atoms with Crippen LogP contribution in [0.4, 0.5) is 38.1 Å². The normalized spacial score (nSPS) is 17.4. The van der Waals surface area contributed by atoms with Gasteiger partial charge in [-0.3, -0.25) is 0 Å². The Bertz CT molecular complexity index is 1080. The predicted molar refractivity (Wildman–Crippen MR) is 102 cm³/mol. The second-order valence-corrected chi connectivity index (χ2v) is 7.23. The van der Waals surface area contributed by atoms with Crippen LogP contribution in [0.1, 0.15) is 17.5 Å². The lowest BCUT2D eigenvalue weighted by Crippen LogP contribution is -2.28. The monoisotopic (exact) mass is 441 g/mol. The number of halogens is 6. The van der Waals surface area contributed by atoms with E-state index in [0.717, 1.165) is 6.07 Å². The molecule has 0 radical (unpaired) electrons. The van der Waals surface area contributed by atoms with Gasteiger partial charge in [0.25, 0.3) is 0 Å². The molecule has 4 rings (SSSR count). The van der Waals surface area contributed by atoms with Gasteiger partial charge in [-0.15, -0.1) is 0 Å². The highest BCUT2D eigenvalue weighted by atomic mass is 19.4. The summed E-state index contributed by atoms with van der Waals surface area (Å²) in [5, 5.41) is 3.34. The molecule has 1 aliphatic rings. The molecule has 5 nitrogen and oxygen atoms in total. The van der Waals surface area contributed by atoms with Crippen molar-refractivity contribution in [2.45, 2.75) is 25.3 Å². The molecule has 3 heterocycles. The van der Waals surface area contributed by atoms with Crippen LogP contribution in [0.2, 0.25) is 0 Å². The minimum Gasteiger partial charge on any atom is -0.365 e. The molecule has 0 bridgehead atoms. The molecule has 3 aromatic rings. The Hall–Kier alpha value is -3.11. The average Bonchev–Trinajstić information content (AvgIpc) is 3.22. The molecule has 1 aliphatic heterocycles. The molecule has 1 saturated heterocycles. The second-order valence-electron chi connectivity index (χ2n) is 7.23. The Balaban J connectivity index is 1.64. The number of fused-ring (bicyclic) bond motifs is 1. The number of hydrogen-bond donors (Lipinski definition) is 1. The van der Waals surface area contributed by atoms with Crippen molar-refractivity contribution < 1.29 is 26.3 Å². The van der Waals surface area contributed by atoms with Gasteiger partial charge >= 0.3 is 12.4 Å². The maximum absolute atomic E-state index is 13.3. The van der Waals surface area contributed by atoms with Crippen LogP contribution in [0.25, 0.3) is 11.0 Å². The predicted octanol–water partition coefficient (Wildman–Crippen LogP) is 5.04. The lowest BCUT2D eigenvalue weighted by molar-refractivity contribution is -0.168. The SMILES string of the molecule is FC(F)(F)c1ccccc1CNc1nc(N2CCC(C(F)(F)F)C2)nc2ncccc12. The summed E-state index contributed by atoms with van der Waals surface area (Å²) in [7, 11) is 0. The highest BCUT2D eigenvalue weighted by molar-refractivity contribution is 5.87. The Kier molecular flexibility index (Phi) is 5.36. The molecular formula is C20H17F6N5. The molecule has 1 fully saturated rings. The van der Waals surface area contributed by atoms with Crippen molar-refractivity contribution in [3.63, 3.8) is 0 Å². The van der Waals surface area contributed by atoms with Gasteiger partial charge in [0.2, 0.25) is 5.95 Å². The molecule has 2 aromatic heterocycles. The zero-order valence-corrected chi connectivity index (χ0v) is 16.0. The van der Waals surface area contributed by atoms with Crippen LogP contribution in [-0.4, -0.2) is 34.2 Å². The minimum atomic E-state index is -4.51. The third-order valence-corrected chi connectivity index (χ3v) is 5.16. The third-order valence-electron chi connectivity index (χ3n) is 5.16. The molecule has 1 aromatic carbocycles. The largest absolute Gasteiger partial charge is 0.416 e. The molecule has 1 unspecified atom stereocenters. The lowest BCUT2D eigenvalue weighted by atomic mass is 10.1. The van der Waals surface area contributed by atoms with E-state index in [9.17, 15) is 26.3 Å². The summed E-state index contributed by atoms with van der Waals surface area (Å²) < 4.78 is 78.9. The molecule has 164 valence electrons. The maximum Gasteiger partial charge on any atom is 0.416 e. The van der Waals surface area contributed by atoms with Crippen LogP contribution >= 0.6 is 0 Å². The fraction of sp³-hybridized carbons (Fsp3) is 0.350. The van der Waals surface area contributed by atoms with Crippen LogP contribution < -0.4 is 10.2 Å². The van der Waals surface area contributed by atoms with Crippen molar-refractivity contribution in [2.75, 3.05) is 23.3 Å². The molecule has 11 heteroatoms. The van der Waals surface area contributed by atoms with E-state index >= 15 is 0 Å². The van der Waals surface area contributed by atoms with E-state index in [4.69, 9.17) is 0 Å². The Labute approximate surface area is 173 Å². The topological polar surface area (TPSA) is 53.9 Å². The van der Waals surface area contributed by atoms with Crippen molar-refractivity contribution in [3.05, 3.63) is 53.7 Å². The smallest absolute Gasteiger partial charge is 0.365 e. The molecule has 0 spiro atoms.